The molecule has 0 bridgehead atoms. The van der Waals surface area contributed by atoms with Crippen LogP contribution in [0.1, 0.15) is 26.3 Å². The van der Waals surface area contributed by atoms with Crippen LogP contribution in [0.3, 0.4) is 0 Å². The zero-order chi connectivity index (χ0) is 14.6. The number of alkyl carbamates (subject to hydrolysis) is 1. The summed E-state index contributed by atoms with van der Waals surface area (Å²) in [7, 11) is 1.28. The van der Waals surface area contributed by atoms with Crippen LogP contribution in [-0.4, -0.2) is 18.8 Å². The number of benzene rings is 1. The SMILES string of the molecule is COc1cc(CNC(=O)OC(C)(C)C)c(F)cc1F. The lowest BCUT2D eigenvalue weighted by Crippen LogP contribution is -2.32. The van der Waals surface area contributed by atoms with Crippen LogP contribution < -0.4 is 10.1 Å². The molecule has 0 saturated carbocycles. The first-order valence-electron chi connectivity index (χ1n) is 5.71. The quantitative estimate of drug-likeness (QED) is 0.921. The van der Waals surface area contributed by atoms with Crippen molar-refractivity contribution >= 4 is 6.09 Å². The van der Waals surface area contributed by atoms with E-state index in [9.17, 15) is 13.6 Å². The lowest BCUT2D eigenvalue weighted by Gasteiger charge is -2.19. The van der Waals surface area contributed by atoms with Crippen molar-refractivity contribution in [2.45, 2.75) is 32.9 Å². The monoisotopic (exact) mass is 273 g/mol. The second-order valence-corrected chi connectivity index (χ2v) is 4.93. The molecule has 0 aromatic heterocycles. The third-order valence-corrected chi connectivity index (χ3v) is 2.14. The first kappa shape index (κ1) is 15.2. The molecular weight excluding hydrogens is 256 g/mol. The Kier molecular flexibility index (Phi) is 4.69. The number of methoxy groups -OCH3 is 1. The Morgan fingerprint density at radius 1 is 1.26 bits per heavy atom. The number of halogens is 2. The average molecular weight is 273 g/mol. The highest BCUT2D eigenvalue weighted by atomic mass is 19.1. The summed E-state index contributed by atoms with van der Waals surface area (Å²) in [4.78, 5) is 11.4. The largest absolute Gasteiger partial charge is 0.494 e. The molecule has 0 fully saturated rings. The summed E-state index contributed by atoms with van der Waals surface area (Å²) in [5.41, 5.74) is -0.521. The normalized spacial score (nSPS) is 11.1. The molecule has 0 atom stereocenters. The first-order valence-corrected chi connectivity index (χ1v) is 5.71. The molecule has 106 valence electrons. The lowest BCUT2D eigenvalue weighted by atomic mass is 10.2. The Bertz CT molecular complexity index is 470. The highest BCUT2D eigenvalue weighted by Gasteiger charge is 2.17. The number of carbonyl (C=O) groups excluding carboxylic acids is 1. The van der Waals surface area contributed by atoms with Gasteiger partial charge in [-0.25, -0.2) is 13.6 Å². The van der Waals surface area contributed by atoms with Crippen molar-refractivity contribution in [3.63, 3.8) is 0 Å². The fraction of sp³-hybridized carbons (Fsp3) is 0.462. The molecule has 4 nitrogen and oxygen atoms in total. The molecule has 0 aliphatic heterocycles. The van der Waals surface area contributed by atoms with E-state index in [-0.39, 0.29) is 17.9 Å². The van der Waals surface area contributed by atoms with Crippen LogP contribution in [0, 0.1) is 11.6 Å². The molecule has 0 aliphatic rings. The lowest BCUT2D eigenvalue weighted by molar-refractivity contribution is 0.0523. The van der Waals surface area contributed by atoms with E-state index >= 15 is 0 Å². The summed E-state index contributed by atoms with van der Waals surface area (Å²) in [5, 5.41) is 2.39. The minimum absolute atomic E-state index is 0.0811. The van der Waals surface area contributed by atoms with Gasteiger partial charge in [-0.1, -0.05) is 0 Å². The molecule has 1 N–H and O–H groups in total. The third-order valence-electron chi connectivity index (χ3n) is 2.14. The van der Waals surface area contributed by atoms with E-state index in [4.69, 9.17) is 9.47 Å². The van der Waals surface area contributed by atoms with Gasteiger partial charge in [-0.05, 0) is 26.8 Å². The summed E-state index contributed by atoms with van der Waals surface area (Å²) in [5.74, 6) is -1.63. The molecule has 0 aliphatic carbocycles. The molecule has 0 radical (unpaired) electrons. The van der Waals surface area contributed by atoms with E-state index in [0.717, 1.165) is 0 Å². The Hall–Kier alpha value is -1.85. The maximum atomic E-state index is 13.5. The van der Waals surface area contributed by atoms with Crippen molar-refractivity contribution in [1.82, 2.24) is 5.32 Å². The average Bonchev–Trinajstić information content (AvgIpc) is 2.25. The van der Waals surface area contributed by atoms with Crippen molar-refractivity contribution in [1.29, 1.82) is 0 Å². The zero-order valence-corrected chi connectivity index (χ0v) is 11.3. The molecule has 0 spiro atoms. The number of rotatable bonds is 3. The molecular formula is C13H17F2NO3. The van der Waals surface area contributed by atoms with Crippen LogP contribution in [0.5, 0.6) is 5.75 Å². The summed E-state index contributed by atoms with van der Waals surface area (Å²) in [6.45, 7) is 5.04. The standard InChI is InChI=1S/C13H17F2NO3/c1-13(2,3)19-12(17)16-7-8-5-11(18-4)10(15)6-9(8)14/h5-6H,7H2,1-4H3,(H,16,17). The fourth-order valence-corrected chi connectivity index (χ4v) is 1.34. The molecule has 6 heteroatoms. The van der Waals surface area contributed by atoms with E-state index in [1.54, 1.807) is 20.8 Å². The van der Waals surface area contributed by atoms with Gasteiger partial charge in [0.2, 0.25) is 0 Å². The number of hydrogen-bond donors (Lipinski definition) is 1. The van der Waals surface area contributed by atoms with Crippen LogP contribution in [-0.2, 0) is 11.3 Å². The van der Waals surface area contributed by atoms with Crippen molar-refractivity contribution in [2.75, 3.05) is 7.11 Å². The summed E-state index contributed by atoms with van der Waals surface area (Å²) < 4.78 is 36.4. The fourth-order valence-electron chi connectivity index (χ4n) is 1.34. The van der Waals surface area contributed by atoms with E-state index in [2.05, 4.69) is 5.32 Å². The molecule has 0 saturated heterocycles. The molecule has 0 heterocycles. The highest BCUT2D eigenvalue weighted by molar-refractivity contribution is 5.67. The minimum Gasteiger partial charge on any atom is -0.494 e. The summed E-state index contributed by atoms with van der Waals surface area (Å²) >= 11 is 0. The van der Waals surface area contributed by atoms with E-state index in [1.807, 2.05) is 0 Å². The van der Waals surface area contributed by atoms with Crippen molar-refractivity contribution in [3.05, 3.63) is 29.3 Å². The maximum Gasteiger partial charge on any atom is 0.407 e. The van der Waals surface area contributed by atoms with Gasteiger partial charge in [-0.15, -0.1) is 0 Å². The third kappa shape index (κ3) is 4.73. The predicted octanol–water partition coefficient (Wildman–Crippen LogP) is 3.00. The zero-order valence-electron chi connectivity index (χ0n) is 11.3. The number of hydrogen-bond acceptors (Lipinski definition) is 3. The molecule has 19 heavy (non-hydrogen) atoms. The van der Waals surface area contributed by atoms with Crippen LogP contribution in [0.2, 0.25) is 0 Å². The van der Waals surface area contributed by atoms with Gasteiger partial charge in [0.15, 0.2) is 11.6 Å². The van der Waals surface area contributed by atoms with Crippen LogP contribution in [0.4, 0.5) is 13.6 Å². The number of nitrogens with one attached hydrogen (secondary N) is 1. The number of carbonyl (C=O) groups is 1. The van der Waals surface area contributed by atoms with Crippen LogP contribution >= 0.6 is 0 Å². The molecule has 0 unspecified atom stereocenters. The van der Waals surface area contributed by atoms with Crippen molar-refractivity contribution in [3.8, 4) is 5.75 Å². The Labute approximate surface area is 110 Å². The Morgan fingerprint density at radius 2 is 1.89 bits per heavy atom. The van der Waals surface area contributed by atoms with Gasteiger partial charge in [-0.2, -0.15) is 0 Å². The van der Waals surface area contributed by atoms with Crippen LogP contribution in [0.25, 0.3) is 0 Å². The first-order chi connectivity index (χ1) is 8.73. The highest BCUT2D eigenvalue weighted by Crippen LogP contribution is 2.21. The Morgan fingerprint density at radius 3 is 2.42 bits per heavy atom. The maximum absolute atomic E-state index is 13.5. The van der Waals surface area contributed by atoms with E-state index in [1.165, 1.54) is 13.2 Å². The Balaban J connectivity index is 2.70. The summed E-state index contributed by atoms with van der Waals surface area (Å²) in [6, 6.07) is 1.91. The van der Waals surface area contributed by atoms with Gasteiger partial charge in [0.25, 0.3) is 0 Å². The molecule has 1 amide bonds. The topological polar surface area (TPSA) is 47.6 Å². The van der Waals surface area contributed by atoms with Gasteiger partial charge in [-0.3, -0.25) is 0 Å². The smallest absolute Gasteiger partial charge is 0.407 e. The van der Waals surface area contributed by atoms with Gasteiger partial charge in [0.05, 0.1) is 7.11 Å². The van der Waals surface area contributed by atoms with E-state index < -0.39 is 23.3 Å². The predicted molar refractivity (Wildman–Crippen MR) is 66.0 cm³/mol. The number of amides is 1. The van der Waals surface area contributed by atoms with Crippen molar-refractivity contribution < 1.29 is 23.0 Å². The minimum atomic E-state index is -0.791. The second kappa shape index (κ2) is 5.86. The molecule has 1 aromatic carbocycles. The second-order valence-electron chi connectivity index (χ2n) is 4.93. The van der Waals surface area contributed by atoms with Gasteiger partial charge in [0, 0.05) is 18.2 Å². The van der Waals surface area contributed by atoms with Crippen molar-refractivity contribution in [2.24, 2.45) is 0 Å². The van der Waals surface area contributed by atoms with Gasteiger partial charge < -0.3 is 14.8 Å². The van der Waals surface area contributed by atoms with Crippen LogP contribution in [0.15, 0.2) is 12.1 Å². The van der Waals surface area contributed by atoms with Gasteiger partial charge in [0.1, 0.15) is 11.4 Å². The molecule has 1 aromatic rings. The molecule has 1 rings (SSSR count). The van der Waals surface area contributed by atoms with E-state index in [0.29, 0.717) is 6.07 Å². The summed E-state index contributed by atoms with van der Waals surface area (Å²) in [6.07, 6.45) is -0.671. The number of ether oxygens (including phenoxy) is 2. The van der Waals surface area contributed by atoms with Gasteiger partial charge >= 0.3 is 6.09 Å².